The van der Waals surface area contributed by atoms with Crippen LogP contribution in [0.2, 0.25) is 0 Å². The summed E-state index contributed by atoms with van der Waals surface area (Å²) in [5, 5.41) is 7.51. The maximum absolute atomic E-state index is 12.6. The number of carbonyl (C=O) groups excluding carboxylic acids is 1. The van der Waals surface area contributed by atoms with Crippen LogP contribution in [0.3, 0.4) is 0 Å². The number of pyridine rings is 2. The molecule has 3 rings (SSSR count). The summed E-state index contributed by atoms with van der Waals surface area (Å²) in [6, 6.07) is 7.36. The van der Waals surface area contributed by atoms with Crippen LogP contribution in [0.1, 0.15) is 42.8 Å². The molecular formula is C23H29N5O2. The van der Waals surface area contributed by atoms with E-state index in [1.54, 1.807) is 30.7 Å². The van der Waals surface area contributed by atoms with Gasteiger partial charge in [0.05, 0.1) is 5.69 Å². The van der Waals surface area contributed by atoms with Gasteiger partial charge in [0.1, 0.15) is 6.61 Å². The van der Waals surface area contributed by atoms with E-state index >= 15 is 0 Å². The fourth-order valence-corrected chi connectivity index (χ4v) is 3.29. The zero-order valence-electron chi connectivity index (χ0n) is 18.1. The lowest BCUT2D eigenvalue weighted by molar-refractivity contribution is -0.116. The molecule has 0 aliphatic heterocycles. The second-order valence-electron chi connectivity index (χ2n) is 7.77. The van der Waals surface area contributed by atoms with Crippen molar-refractivity contribution in [2.24, 2.45) is 5.92 Å². The molecule has 30 heavy (non-hydrogen) atoms. The van der Waals surface area contributed by atoms with Crippen LogP contribution < -0.4 is 10.1 Å². The molecule has 1 amide bonds. The Kier molecular flexibility index (Phi) is 7.17. The highest BCUT2D eigenvalue weighted by molar-refractivity contribution is 5.91. The normalized spacial score (nSPS) is 11.0. The van der Waals surface area contributed by atoms with Crippen LogP contribution in [0.15, 0.2) is 42.9 Å². The number of nitrogens with one attached hydrogen (secondary N) is 1. The van der Waals surface area contributed by atoms with Gasteiger partial charge in [-0.15, -0.1) is 0 Å². The number of aromatic nitrogens is 4. The van der Waals surface area contributed by atoms with Gasteiger partial charge in [-0.05, 0) is 61.6 Å². The van der Waals surface area contributed by atoms with Crippen molar-refractivity contribution in [1.82, 2.24) is 19.7 Å². The summed E-state index contributed by atoms with van der Waals surface area (Å²) >= 11 is 0. The molecule has 0 unspecified atom stereocenters. The molecule has 158 valence electrons. The van der Waals surface area contributed by atoms with E-state index in [-0.39, 0.29) is 5.91 Å². The number of amides is 1. The minimum atomic E-state index is -0.0992. The van der Waals surface area contributed by atoms with Gasteiger partial charge in [-0.25, -0.2) is 4.98 Å². The third-order valence-corrected chi connectivity index (χ3v) is 4.84. The van der Waals surface area contributed by atoms with Gasteiger partial charge in [0.25, 0.3) is 0 Å². The SMILES string of the molecule is Cc1nn(CC(C)C)c(C)c1CCC(=O)Nc1ncccc1OCc1ccncc1. The molecular weight excluding hydrogens is 378 g/mol. The fraction of sp³-hybridized carbons (Fsp3) is 0.391. The molecule has 3 aromatic rings. The Hall–Kier alpha value is -3.22. The fourth-order valence-electron chi connectivity index (χ4n) is 3.29. The van der Waals surface area contributed by atoms with Gasteiger partial charge in [0.2, 0.25) is 5.91 Å². The van der Waals surface area contributed by atoms with Crippen LogP contribution in [0.25, 0.3) is 0 Å². The lowest BCUT2D eigenvalue weighted by Gasteiger charge is -2.12. The molecule has 0 saturated heterocycles. The average molecular weight is 408 g/mol. The zero-order valence-corrected chi connectivity index (χ0v) is 18.1. The molecule has 0 spiro atoms. The number of aryl methyl sites for hydroxylation is 1. The molecule has 0 aliphatic carbocycles. The Balaban J connectivity index is 1.60. The van der Waals surface area contributed by atoms with Crippen LogP contribution in [-0.2, 0) is 24.4 Å². The van der Waals surface area contributed by atoms with E-state index in [0.29, 0.717) is 36.9 Å². The highest BCUT2D eigenvalue weighted by Crippen LogP contribution is 2.23. The van der Waals surface area contributed by atoms with E-state index in [2.05, 4.69) is 41.2 Å². The molecule has 0 radical (unpaired) electrons. The van der Waals surface area contributed by atoms with Crippen LogP contribution in [0.5, 0.6) is 5.75 Å². The van der Waals surface area contributed by atoms with Gasteiger partial charge in [-0.1, -0.05) is 13.8 Å². The Morgan fingerprint density at radius 1 is 1.17 bits per heavy atom. The number of rotatable bonds is 9. The van der Waals surface area contributed by atoms with Crippen LogP contribution >= 0.6 is 0 Å². The third kappa shape index (κ3) is 5.65. The van der Waals surface area contributed by atoms with Crippen molar-refractivity contribution in [2.45, 2.75) is 53.7 Å². The first-order valence-corrected chi connectivity index (χ1v) is 10.2. The van der Waals surface area contributed by atoms with Crippen LogP contribution in [0, 0.1) is 19.8 Å². The number of ether oxygens (including phenoxy) is 1. The highest BCUT2D eigenvalue weighted by atomic mass is 16.5. The van der Waals surface area contributed by atoms with Crippen molar-refractivity contribution in [3.8, 4) is 5.75 Å². The van der Waals surface area contributed by atoms with Gasteiger partial charge in [0, 0.05) is 37.3 Å². The number of carbonyl (C=O) groups is 1. The van der Waals surface area contributed by atoms with Gasteiger partial charge >= 0.3 is 0 Å². The first kappa shape index (κ1) is 21.5. The second kappa shape index (κ2) is 10.0. The molecule has 0 bridgehead atoms. The van der Waals surface area contributed by atoms with E-state index in [0.717, 1.165) is 29.1 Å². The van der Waals surface area contributed by atoms with Gasteiger partial charge in [-0.2, -0.15) is 5.10 Å². The van der Waals surface area contributed by atoms with Crippen molar-refractivity contribution < 1.29 is 9.53 Å². The second-order valence-corrected chi connectivity index (χ2v) is 7.77. The van der Waals surface area contributed by atoms with Crippen molar-refractivity contribution >= 4 is 11.7 Å². The van der Waals surface area contributed by atoms with E-state index in [4.69, 9.17) is 4.74 Å². The summed E-state index contributed by atoms with van der Waals surface area (Å²) in [6.45, 7) is 9.67. The number of nitrogens with zero attached hydrogens (tertiary/aromatic N) is 4. The Morgan fingerprint density at radius 2 is 1.93 bits per heavy atom. The summed E-state index contributed by atoms with van der Waals surface area (Å²) in [6.07, 6.45) is 6.08. The molecule has 3 heterocycles. The van der Waals surface area contributed by atoms with Gasteiger partial charge in [-0.3, -0.25) is 14.5 Å². The quantitative estimate of drug-likeness (QED) is 0.578. The first-order chi connectivity index (χ1) is 14.4. The minimum Gasteiger partial charge on any atom is -0.485 e. The Bertz CT molecular complexity index is 983. The largest absolute Gasteiger partial charge is 0.485 e. The maximum atomic E-state index is 12.6. The first-order valence-electron chi connectivity index (χ1n) is 10.2. The maximum Gasteiger partial charge on any atom is 0.225 e. The molecule has 0 saturated carbocycles. The Labute approximate surface area is 177 Å². The highest BCUT2D eigenvalue weighted by Gasteiger charge is 2.15. The number of hydrogen-bond donors (Lipinski definition) is 1. The lowest BCUT2D eigenvalue weighted by Crippen LogP contribution is -2.15. The van der Waals surface area contributed by atoms with Gasteiger partial charge in [0.15, 0.2) is 11.6 Å². The summed E-state index contributed by atoms with van der Waals surface area (Å²) in [5.41, 5.74) is 4.25. The molecule has 3 aromatic heterocycles. The van der Waals surface area contributed by atoms with Crippen molar-refractivity contribution in [3.63, 3.8) is 0 Å². The third-order valence-electron chi connectivity index (χ3n) is 4.84. The number of hydrogen-bond acceptors (Lipinski definition) is 5. The van der Waals surface area contributed by atoms with E-state index in [9.17, 15) is 4.79 Å². The van der Waals surface area contributed by atoms with Crippen molar-refractivity contribution in [1.29, 1.82) is 0 Å². The molecule has 7 nitrogen and oxygen atoms in total. The van der Waals surface area contributed by atoms with Gasteiger partial charge < -0.3 is 10.1 Å². The monoisotopic (exact) mass is 407 g/mol. The predicted octanol–water partition coefficient (Wildman–Crippen LogP) is 4.10. The van der Waals surface area contributed by atoms with E-state index in [1.807, 2.05) is 23.7 Å². The summed E-state index contributed by atoms with van der Waals surface area (Å²) < 4.78 is 7.89. The van der Waals surface area contributed by atoms with Crippen LogP contribution in [0.4, 0.5) is 5.82 Å². The molecule has 0 atom stereocenters. The molecule has 0 aromatic carbocycles. The lowest BCUT2D eigenvalue weighted by atomic mass is 10.1. The van der Waals surface area contributed by atoms with E-state index < -0.39 is 0 Å². The van der Waals surface area contributed by atoms with Crippen molar-refractivity contribution in [3.05, 3.63) is 65.4 Å². The minimum absolute atomic E-state index is 0.0992. The summed E-state index contributed by atoms with van der Waals surface area (Å²) in [5.74, 6) is 1.40. The molecule has 7 heteroatoms. The van der Waals surface area contributed by atoms with E-state index in [1.165, 1.54) is 0 Å². The summed E-state index contributed by atoms with van der Waals surface area (Å²) in [7, 11) is 0. The standard InChI is InChI=1S/C23H29N5O2/c1-16(2)14-28-18(4)20(17(3)27-28)7-8-22(29)26-23-21(6-5-11-25-23)30-15-19-9-12-24-13-10-19/h5-6,9-13,16H,7-8,14-15H2,1-4H3,(H,25,26,29). The zero-order chi connectivity index (χ0) is 21.5. The molecule has 0 aliphatic rings. The number of anilines is 1. The smallest absolute Gasteiger partial charge is 0.225 e. The summed E-state index contributed by atoms with van der Waals surface area (Å²) in [4.78, 5) is 20.8. The molecule has 0 fully saturated rings. The average Bonchev–Trinajstić information content (AvgIpc) is 2.98. The predicted molar refractivity (Wildman–Crippen MR) is 116 cm³/mol. The topological polar surface area (TPSA) is 81.9 Å². The molecule has 1 N–H and O–H groups in total. The van der Waals surface area contributed by atoms with Crippen LogP contribution in [-0.4, -0.2) is 25.7 Å². The Morgan fingerprint density at radius 3 is 2.67 bits per heavy atom. The van der Waals surface area contributed by atoms with Crippen molar-refractivity contribution in [2.75, 3.05) is 5.32 Å².